The zero-order chi connectivity index (χ0) is 27.6. The average Bonchev–Trinajstić information content (AvgIpc) is 3.26. The molecule has 1 saturated carbocycles. The first-order valence-electron chi connectivity index (χ1n) is 14.7. The molecule has 0 bridgehead atoms. The molecule has 0 N–H and O–H groups in total. The third kappa shape index (κ3) is 6.09. The summed E-state index contributed by atoms with van der Waals surface area (Å²) in [6.45, 7) is 7.66. The highest BCUT2D eigenvalue weighted by Crippen LogP contribution is 2.50. The minimum atomic E-state index is -0.257. The summed E-state index contributed by atoms with van der Waals surface area (Å²) in [7, 11) is 0. The van der Waals surface area contributed by atoms with Crippen LogP contribution in [0.3, 0.4) is 0 Å². The van der Waals surface area contributed by atoms with Gasteiger partial charge in [-0.05, 0) is 61.5 Å². The Labute approximate surface area is 234 Å². The predicted octanol–water partition coefficient (Wildman–Crippen LogP) is 4.38. The van der Waals surface area contributed by atoms with Crippen LogP contribution < -0.4 is 9.91 Å². The van der Waals surface area contributed by atoms with Crippen molar-refractivity contribution in [2.75, 3.05) is 42.9 Å². The normalized spacial score (nSPS) is 26.9. The third-order valence-electron chi connectivity index (χ3n) is 8.78. The molecule has 0 spiro atoms. The fourth-order valence-electron chi connectivity index (χ4n) is 6.18. The third-order valence-corrected chi connectivity index (χ3v) is 8.78. The molecule has 10 nitrogen and oxygen atoms in total. The highest BCUT2D eigenvalue weighted by Gasteiger charge is 2.42. The molecule has 4 atom stereocenters. The lowest BCUT2D eigenvalue weighted by atomic mass is 9.93. The van der Waals surface area contributed by atoms with Crippen molar-refractivity contribution in [3.05, 3.63) is 47.8 Å². The van der Waals surface area contributed by atoms with Crippen LogP contribution in [0.2, 0.25) is 0 Å². The number of nitrogens with zero attached hydrogens (tertiary/aromatic N) is 7. The molecule has 4 heterocycles. The maximum absolute atomic E-state index is 14.8. The molecule has 0 aromatic carbocycles. The van der Waals surface area contributed by atoms with Gasteiger partial charge in [0.15, 0.2) is 5.82 Å². The fraction of sp³-hybridized carbons (Fsp3) is 0.655. The predicted molar refractivity (Wildman–Crippen MR) is 147 cm³/mol. The summed E-state index contributed by atoms with van der Waals surface area (Å²) in [5, 5.41) is 10.2. The summed E-state index contributed by atoms with van der Waals surface area (Å²) < 4.78 is 26.4. The van der Waals surface area contributed by atoms with Crippen LogP contribution in [-0.2, 0) is 9.53 Å². The lowest BCUT2D eigenvalue weighted by molar-refractivity contribution is -0.134. The Balaban J connectivity index is 0.882. The molecular formula is C29H40FN7O3. The van der Waals surface area contributed by atoms with E-state index in [0.29, 0.717) is 37.4 Å². The van der Waals surface area contributed by atoms with Gasteiger partial charge in [0.25, 0.3) is 0 Å². The van der Waals surface area contributed by atoms with Gasteiger partial charge in [0, 0.05) is 38.2 Å². The van der Waals surface area contributed by atoms with E-state index in [1.165, 1.54) is 12.8 Å². The molecule has 216 valence electrons. The van der Waals surface area contributed by atoms with E-state index in [2.05, 4.69) is 34.0 Å². The number of allylic oxidation sites excluding steroid dienone is 1. The van der Waals surface area contributed by atoms with Crippen molar-refractivity contribution in [1.82, 2.24) is 24.9 Å². The summed E-state index contributed by atoms with van der Waals surface area (Å²) in [6, 6.07) is 2.50. The quantitative estimate of drug-likeness (QED) is 0.428. The first-order valence-corrected chi connectivity index (χ1v) is 14.7. The van der Waals surface area contributed by atoms with Crippen LogP contribution in [0.4, 0.5) is 10.4 Å². The lowest BCUT2D eigenvalue weighted by Gasteiger charge is -2.43. The number of hydrogen-bond donors (Lipinski definition) is 0. The van der Waals surface area contributed by atoms with Crippen molar-refractivity contribution in [3.63, 3.8) is 0 Å². The van der Waals surface area contributed by atoms with Gasteiger partial charge in [0.1, 0.15) is 19.2 Å². The molecule has 2 saturated heterocycles. The van der Waals surface area contributed by atoms with E-state index in [1.54, 1.807) is 22.0 Å². The summed E-state index contributed by atoms with van der Waals surface area (Å²) >= 11 is 0. The average molecular weight is 554 g/mol. The number of aromatic nitrogens is 4. The fourth-order valence-corrected chi connectivity index (χ4v) is 6.18. The van der Waals surface area contributed by atoms with Crippen LogP contribution in [0.1, 0.15) is 70.5 Å². The van der Waals surface area contributed by atoms with Gasteiger partial charge in [-0.15, -0.1) is 0 Å². The Bertz CT molecular complexity index is 1220. The number of hydrogen-bond acceptors (Lipinski definition) is 8. The number of carbonyl (C=O) groups excluding carboxylic acids is 1. The van der Waals surface area contributed by atoms with Gasteiger partial charge >= 0.3 is 6.01 Å². The minimum absolute atomic E-state index is 0.0728. The van der Waals surface area contributed by atoms with Gasteiger partial charge in [0.05, 0.1) is 18.7 Å². The van der Waals surface area contributed by atoms with Gasteiger partial charge in [0.2, 0.25) is 5.91 Å². The van der Waals surface area contributed by atoms with Crippen molar-refractivity contribution in [2.24, 2.45) is 17.8 Å². The van der Waals surface area contributed by atoms with E-state index in [9.17, 15) is 9.18 Å². The number of amides is 1. The van der Waals surface area contributed by atoms with E-state index in [1.807, 2.05) is 23.3 Å². The smallest absolute Gasteiger partial charge is 0.324 e. The van der Waals surface area contributed by atoms with Crippen LogP contribution in [0.5, 0.6) is 0 Å². The van der Waals surface area contributed by atoms with Crippen molar-refractivity contribution < 1.29 is 18.4 Å². The van der Waals surface area contributed by atoms with Crippen LogP contribution in [0.15, 0.2) is 46.5 Å². The topological polar surface area (TPSA) is 92.8 Å². The first-order chi connectivity index (χ1) is 19.4. The van der Waals surface area contributed by atoms with E-state index in [4.69, 9.17) is 9.26 Å². The molecule has 1 amide bonds. The Morgan fingerprint density at radius 1 is 1.25 bits per heavy atom. The number of halogens is 1. The first kappa shape index (κ1) is 27.0. The van der Waals surface area contributed by atoms with Gasteiger partial charge < -0.3 is 19.1 Å². The van der Waals surface area contributed by atoms with Crippen LogP contribution in [-0.4, -0.2) is 70.0 Å². The van der Waals surface area contributed by atoms with E-state index in [-0.39, 0.29) is 36.6 Å². The second-order valence-electron chi connectivity index (χ2n) is 11.9. The van der Waals surface area contributed by atoms with Crippen molar-refractivity contribution in [2.45, 2.75) is 70.8 Å². The number of anilines is 1. The standard InChI is InChI=1S/C29H40FN7O3/c1-20(2)28-32-29(40-33-28)34-11-3-5-21(8-13-34)25-15-22(25)9-14-39-24-7-6-23(26(30)17-24)16-27(38)35-18-36(19-35)37-12-4-10-31-37/h4,6-7,10,12,20-22,24-25H,3,5,8-9,11,13-19H2,1-2H3/t21?,22-,24?,25-/m1/s1. The summed E-state index contributed by atoms with van der Waals surface area (Å²) in [4.78, 5) is 22.8. The monoisotopic (exact) mass is 553 g/mol. The second kappa shape index (κ2) is 11.7. The Hall–Kier alpha value is -3.21. The van der Waals surface area contributed by atoms with Crippen molar-refractivity contribution >= 4 is 11.9 Å². The molecule has 0 radical (unpaired) electrons. The Morgan fingerprint density at radius 2 is 2.12 bits per heavy atom. The summed E-state index contributed by atoms with van der Waals surface area (Å²) in [5.74, 6) is 2.93. The highest BCUT2D eigenvalue weighted by atomic mass is 19.1. The Kier molecular flexibility index (Phi) is 7.91. The molecule has 2 aromatic rings. The largest absolute Gasteiger partial charge is 0.374 e. The minimum Gasteiger partial charge on any atom is -0.374 e. The molecule has 11 heteroatoms. The van der Waals surface area contributed by atoms with Gasteiger partial charge in [-0.2, -0.15) is 14.9 Å². The van der Waals surface area contributed by atoms with Gasteiger partial charge in [-0.25, -0.2) is 4.39 Å². The molecule has 2 unspecified atom stereocenters. The second-order valence-corrected chi connectivity index (χ2v) is 11.9. The molecule has 2 aliphatic heterocycles. The van der Waals surface area contributed by atoms with Crippen molar-refractivity contribution in [1.29, 1.82) is 0 Å². The Morgan fingerprint density at radius 3 is 2.88 bits per heavy atom. The highest BCUT2D eigenvalue weighted by molar-refractivity contribution is 5.80. The number of rotatable bonds is 10. The van der Waals surface area contributed by atoms with E-state index < -0.39 is 0 Å². The molecule has 2 aliphatic carbocycles. The summed E-state index contributed by atoms with van der Waals surface area (Å²) in [5.41, 5.74) is 0.466. The molecule has 3 fully saturated rings. The lowest BCUT2D eigenvalue weighted by Crippen LogP contribution is -2.62. The summed E-state index contributed by atoms with van der Waals surface area (Å²) in [6.07, 6.45) is 13.0. The zero-order valence-corrected chi connectivity index (χ0v) is 23.5. The molecular weight excluding hydrogens is 513 g/mol. The molecule has 4 aliphatic rings. The number of carbonyl (C=O) groups is 1. The SMILES string of the molecule is CC(C)c1noc(N2CCCC([C@H]3C[C@H]3CCOC3C=CC(CC(=O)N4CN(n5cccn5)C4)=C(F)C3)CC2)n1. The maximum atomic E-state index is 14.8. The van der Waals surface area contributed by atoms with E-state index in [0.717, 1.165) is 50.0 Å². The molecule has 2 aromatic heterocycles. The molecule has 6 rings (SSSR count). The zero-order valence-electron chi connectivity index (χ0n) is 23.5. The maximum Gasteiger partial charge on any atom is 0.324 e. The van der Waals surface area contributed by atoms with Crippen LogP contribution >= 0.6 is 0 Å². The van der Waals surface area contributed by atoms with Gasteiger partial charge in [-0.3, -0.25) is 9.80 Å². The van der Waals surface area contributed by atoms with E-state index >= 15 is 0 Å². The van der Waals surface area contributed by atoms with Gasteiger partial charge in [-0.1, -0.05) is 31.2 Å². The molecule has 40 heavy (non-hydrogen) atoms. The van der Waals surface area contributed by atoms with Crippen LogP contribution in [0, 0.1) is 17.8 Å². The van der Waals surface area contributed by atoms with Crippen LogP contribution in [0.25, 0.3) is 0 Å². The van der Waals surface area contributed by atoms with Crippen molar-refractivity contribution in [3.8, 4) is 0 Å². The number of ether oxygens (including phenoxy) is 1.